The molecule has 0 heterocycles. The lowest BCUT2D eigenvalue weighted by Gasteiger charge is -2.38. The van der Waals surface area contributed by atoms with E-state index in [-0.39, 0.29) is 11.5 Å². The summed E-state index contributed by atoms with van der Waals surface area (Å²) in [6.45, 7) is 2.23. The lowest BCUT2D eigenvalue weighted by atomic mass is 9.67. The van der Waals surface area contributed by atoms with E-state index in [4.69, 9.17) is 0 Å². The van der Waals surface area contributed by atoms with Crippen molar-refractivity contribution in [2.24, 2.45) is 17.8 Å². The number of nitrogens with zero attached hydrogens (tertiary/aromatic N) is 2. The first-order chi connectivity index (χ1) is 15.3. The zero-order valence-electron chi connectivity index (χ0n) is 18.8. The number of rotatable bonds is 9. The number of hydrogen-bond acceptors (Lipinski definition) is 5. The number of nitro groups is 2. The molecule has 1 aromatic rings. The molecule has 2 aliphatic carbocycles. The molecule has 0 amide bonds. The van der Waals surface area contributed by atoms with Crippen molar-refractivity contribution in [2.45, 2.75) is 89.9 Å². The Morgan fingerprint density at radius 3 is 1.84 bits per heavy atom. The van der Waals surface area contributed by atoms with E-state index in [1.165, 1.54) is 51.4 Å². The topological polar surface area (TPSA) is 124 Å². The van der Waals surface area contributed by atoms with Gasteiger partial charge in [-0.25, -0.2) is 4.79 Å². The molecule has 0 saturated heterocycles. The van der Waals surface area contributed by atoms with Gasteiger partial charge >= 0.3 is 5.97 Å². The zero-order chi connectivity index (χ0) is 23.3. The van der Waals surface area contributed by atoms with Crippen molar-refractivity contribution in [3.8, 4) is 0 Å². The van der Waals surface area contributed by atoms with Crippen molar-refractivity contribution in [1.82, 2.24) is 0 Å². The fourth-order valence-corrected chi connectivity index (χ4v) is 5.98. The van der Waals surface area contributed by atoms with Gasteiger partial charge in [0.25, 0.3) is 11.4 Å². The van der Waals surface area contributed by atoms with E-state index in [9.17, 15) is 30.1 Å². The van der Waals surface area contributed by atoms with Gasteiger partial charge in [0.05, 0.1) is 15.4 Å². The Labute approximate surface area is 188 Å². The lowest BCUT2D eigenvalue weighted by Crippen LogP contribution is -2.26. The van der Waals surface area contributed by atoms with Crippen LogP contribution in [0.4, 0.5) is 11.4 Å². The van der Waals surface area contributed by atoms with Gasteiger partial charge in [-0.2, -0.15) is 0 Å². The molecule has 0 radical (unpaired) electrons. The van der Waals surface area contributed by atoms with Gasteiger partial charge < -0.3 is 5.11 Å². The molecule has 1 aromatic carbocycles. The van der Waals surface area contributed by atoms with Gasteiger partial charge in [0.15, 0.2) is 0 Å². The Balaban J connectivity index is 1.67. The largest absolute Gasteiger partial charge is 0.478 e. The molecule has 0 atom stereocenters. The van der Waals surface area contributed by atoms with Crippen LogP contribution < -0.4 is 0 Å². The van der Waals surface area contributed by atoms with Crippen LogP contribution in [0, 0.1) is 38.0 Å². The summed E-state index contributed by atoms with van der Waals surface area (Å²) in [6, 6.07) is 1.94. The fourth-order valence-electron chi connectivity index (χ4n) is 5.98. The number of aromatic carboxylic acids is 1. The monoisotopic (exact) mass is 446 g/mol. The molecule has 176 valence electrons. The third kappa shape index (κ3) is 5.64. The number of benzene rings is 1. The average molecular weight is 447 g/mol. The summed E-state index contributed by atoms with van der Waals surface area (Å²) in [5.41, 5.74) is -1.19. The van der Waals surface area contributed by atoms with Crippen LogP contribution >= 0.6 is 0 Å². The molecule has 8 heteroatoms. The molecular weight excluding hydrogens is 412 g/mol. The molecule has 0 unspecified atom stereocenters. The van der Waals surface area contributed by atoms with Crippen LogP contribution in [0.3, 0.4) is 0 Å². The van der Waals surface area contributed by atoms with Crippen LogP contribution in [0.5, 0.6) is 0 Å². The van der Waals surface area contributed by atoms with E-state index in [0.717, 1.165) is 30.9 Å². The first-order valence-corrected chi connectivity index (χ1v) is 12.0. The van der Waals surface area contributed by atoms with Crippen molar-refractivity contribution in [1.29, 1.82) is 0 Å². The Kier molecular flexibility index (Phi) is 8.21. The van der Waals surface area contributed by atoms with Crippen LogP contribution in [0.2, 0.25) is 0 Å². The SMILES string of the molecule is CCCCCC1CCC(C2CCC(c3c([N+](=O)[O-])cc(C(=O)O)cc3[N+](=O)[O-])CC2)CC1. The van der Waals surface area contributed by atoms with Gasteiger partial charge in [0.1, 0.15) is 5.56 Å². The number of nitro benzene ring substituents is 2. The number of carboxylic acid groups (broad SMARTS) is 1. The van der Waals surface area contributed by atoms with Crippen molar-refractivity contribution >= 4 is 17.3 Å². The van der Waals surface area contributed by atoms with Crippen LogP contribution in [0.15, 0.2) is 12.1 Å². The molecule has 32 heavy (non-hydrogen) atoms. The number of carboxylic acids is 1. The molecule has 1 N–H and O–H groups in total. The van der Waals surface area contributed by atoms with E-state index in [1.807, 2.05) is 0 Å². The van der Waals surface area contributed by atoms with Gasteiger partial charge in [-0.3, -0.25) is 20.2 Å². The van der Waals surface area contributed by atoms with E-state index in [0.29, 0.717) is 24.7 Å². The zero-order valence-corrected chi connectivity index (χ0v) is 18.8. The van der Waals surface area contributed by atoms with Crippen molar-refractivity contribution < 1.29 is 19.7 Å². The summed E-state index contributed by atoms with van der Waals surface area (Å²) in [5, 5.41) is 32.5. The minimum Gasteiger partial charge on any atom is -0.478 e. The van der Waals surface area contributed by atoms with Gasteiger partial charge in [-0.05, 0) is 62.2 Å². The molecule has 0 spiro atoms. The summed E-state index contributed by atoms with van der Waals surface area (Å²) >= 11 is 0. The van der Waals surface area contributed by atoms with Gasteiger partial charge in [-0.1, -0.05) is 45.4 Å². The Morgan fingerprint density at radius 1 is 0.906 bits per heavy atom. The fraction of sp³-hybridized carbons (Fsp3) is 0.708. The van der Waals surface area contributed by atoms with E-state index in [2.05, 4.69) is 6.92 Å². The Morgan fingerprint density at radius 2 is 1.41 bits per heavy atom. The average Bonchev–Trinajstić information content (AvgIpc) is 2.79. The summed E-state index contributed by atoms with van der Waals surface area (Å²) in [6.07, 6.45) is 13.5. The van der Waals surface area contributed by atoms with Crippen LogP contribution in [0.25, 0.3) is 0 Å². The second kappa shape index (κ2) is 10.9. The lowest BCUT2D eigenvalue weighted by molar-refractivity contribution is -0.396. The summed E-state index contributed by atoms with van der Waals surface area (Å²) < 4.78 is 0. The van der Waals surface area contributed by atoms with E-state index in [1.54, 1.807) is 0 Å². The number of unbranched alkanes of at least 4 members (excludes halogenated alkanes) is 2. The highest BCUT2D eigenvalue weighted by atomic mass is 16.6. The second-order valence-corrected chi connectivity index (χ2v) is 9.64. The third-order valence-corrected chi connectivity index (χ3v) is 7.73. The first kappa shape index (κ1) is 24.1. The molecule has 0 bridgehead atoms. The van der Waals surface area contributed by atoms with Gasteiger partial charge in [0, 0.05) is 12.1 Å². The third-order valence-electron chi connectivity index (χ3n) is 7.73. The van der Waals surface area contributed by atoms with E-state index < -0.39 is 32.8 Å². The predicted molar refractivity (Wildman–Crippen MR) is 121 cm³/mol. The second-order valence-electron chi connectivity index (χ2n) is 9.64. The van der Waals surface area contributed by atoms with Gasteiger partial charge in [0.2, 0.25) is 0 Å². The minimum atomic E-state index is -1.41. The van der Waals surface area contributed by atoms with Gasteiger partial charge in [-0.15, -0.1) is 0 Å². The molecular formula is C24H34N2O6. The van der Waals surface area contributed by atoms with Crippen LogP contribution in [-0.2, 0) is 0 Å². The Hall–Kier alpha value is -2.51. The van der Waals surface area contributed by atoms with Crippen LogP contribution in [0.1, 0.15) is 106 Å². The van der Waals surface area contributed by atoms with Crippen molar-refractivity contribution in [3.63, 3.8) is 0 Å². The summed E-state index contributed by atoms with van der Waals surface area (Å²) in [4.78, 5) is 33.2. The molecule has 8 nitrogen and oxygen atoms in total. The standard InChI is InChI=1S/C24H34N2O6/c1-2-3-4-5-16-6-8-17(9-7-16)18-10-12-19(13-11-18)23-21(25(29)30)14-20(24(27)28)15-22(23)26(31)32/h14-19H,2-13H2,1H3,(H,27,28). The quantitative estimate of drug-likeness (QED) is 0.251. The maximum absolute atomic E-state index is 11.6. The molecule has 2 saturated carbocycles. The highest BCUT2D eigenvalue weighted by Gasteiger charge is 2.37. The number of hydrogen-bond donors (Lipinski definition) is 1. The van der Waals surface area contributed by atoms with Crippen molar-refractivity contribution in [3.05, 3.63) is 43.5 Å². The molecule has 0 aromatic heterocycles. The maximum atomic E-state index is 11.6. The molecule has 0 aliphatic heterocycles. The predicted octanol–water partition coefficient (Wildman–Crippen LogP) is 6.86. The van der Waals surface area contributed by atoms with E-state index >= 15 is 0 Å². The highest BCUT2D eigenvalue weighted by Crippen LogP contribution is 2.48. The normalized spacial score (nSPS) is 25.9. The molecule has 3 rings (SSSR count). The van der Waals surface area contributed by atoms with Crippen LogP contribution in [-0.4, -0.2) is 20.9 Å². The summed E-state index contributed by atoms with van der Waals surface area (Å²) in [7, 11) is 0. The maximum Gasteiger partial charge on any atom is 0.336 e. The summed E-state index contributed by atoms with van der Waals surface area (Å²) in [5.74, 6) is 0.446. The highest BCUT2D eigenvalue weighted by molar-refractivity contribution is 5.90. The first-order valence-electron chi connectivity index (χ1n) is 12.0. The molecule has 2 aliphatic rings. The smallest absolute Gasteiger partial charge is 0.336 e. The Bertz CT molecular complexity index is 804. The molecule has 2 fully saturated rings. The van der Waals surface area contributed by atoms with Crippen molar-refractivity contribution in [2.75, 3.05) is 0 Å². The minimum absolute atomic E-state index is 0.100. The number of carbonyl (C=O) groups is 1.